The average Bonchev–Trinajstić information content (AvgIpc) is 3.30. The van der Waals surface area contributed by atoms with E-state index in [-0.39, 0.29) is 30.7 Å². The smallest absolute Gasteiger partial charge is 0.410 e. The van der Waals surface area contributed by atoms with E-state index in [1.165, 1.54) is 22.3 Å². The lowest BCUT2D eigenvalue weighted by Gasteiger charge is -2.33. The van der Waals surface area contributed by atoms with E-state index in [1.807, 2.05) is 35.2 Å². The Bertz CT molecular complexity index is 1290. The lowest BCUT2D eigenvalue weighted by molar-refractivity contribution is 0.0866. The van der Waals surface area contributed by atoms with Crippen LogP contribution in [0.4, 0.5) is 13.6 Å². The number of amides is 1. The molecule has 5 heteroatoms. The highest BCUT2D eigenvalue weighted by Crippen LogP contribution is 2.45. The minimum atomic E-state index is -0.552. The maximum Gasteiger partial charge on any atom is 0.410 e. The number of fused-ring (bicyclic) bond motifs is 5. The largest absolute Gasteiger partial charge is 0.448 e. The normalized spacial score (nSPS) is 20.7. The number of hydrogen-bond donors (Lipinski definition) is 0. The summed E-state index contributed by atoms with van der Waals surface area (Å²) in [5.41, 5.74) is 6.45. The molecule has 2 heterocycles. The number of aryl methyl sites for hydroxylation is 1. The monoisotopic (exact) mass is 457 g/mol. The van der Waals surface area contributed by atoms with Gasteiger partial charge >= 0.3 is 6.09 Å². The third-order valence-corrected chi connectivity index (χ3v) is 7.54. The first-order chi connectivity index (χ1) is 16.5. The van der Waals surface area contributed by atoms with Crippen molar-refractivity contribution >= 4 is 11.7 Å². The molecule has 2 aliphatic heterocycles. The Balaban J connectivity index is 1.21. The van der Waals surface area contributed by atoms with Crippen LogP contribution in [-0.2, 0) is 4.74 Å². The highest BCUT2D eigenvalue weighted by Gasteiger charge is 2.41. The number of rotatable bonds is 3. The van der Waals surface area contributed by atoms with Gasteiger partial charge in [-0.15, -0.1) is 0 Å². The van der Waals surface area contributed by atoms with Crippen molar-refractivity contribution < 1.29 is 18.3 Å². The van der Waals surface area contributed by atoms with Gasteiger partial charge in [-0.2, -0.15) is 0 Å². The molecule has 3 aliphatic rings. The van der Waals surface area contributed by atoms with Gasteiger partial charge in [0.15, 0.2) is 0 Å². The zero-order valence-electron chi connectivity index (χ0n) is 18.9. The molecule has 2 bridgehead atoms. The quantitative estimate of drug-likeness (QED) is 0.431. The topological polar surface area (TPSA) is 29.5 Å². The molecule has 1 fully saturated rings. The third-order valence-electron chi connectivity index (χ3n) is 7.54. The van der Waals surface area contributed by atoms with Crippen LogP contribution in [0.2, 0.25) is 0 Å². The Morgan fingerprint density at radius 1 is 0.941 bits per heavy atom. The van der Waals surface area contributed by atoms with Crippen molar-refractivity contribution in [2.75, 3.05) is 6.61 Å². The SMILES string of the molecule is Cc1cc(C2=CC3CCC(C2)N3C(=O)OCC2c3ccccc3-c3ccccc32)c(F)cc1F. The Hall–Kier alpha value is -3.47. The van der Waals surface area contributed by atoms with E-state index in [9.17, 15) is 13.6 Å². The summed E-state index contributed by atoms with van der Waals surface area (Å²) < 4.78 is 34.1. The molecule has 3 aromatic rings. The standard InChI is InChI=1S/C29H25F2NO2/c1-17-12-25(28(31)15-27(17)30)18-13-19-10-11-20(14-18)32(19)29(33)34-16-26-23-8-4-2-6-21(23)22-7-3-5-9-24(22)26/h2-9,12-13,15,19-20,26H,10-11,14,16H2,1H3. The van der Waals surface area contributed by atoms with Crippen molar-refractivity contribution in [2.24, 2.45) is 0 Å². The maximum absolute atomic E-state index is 14.5. The van der Waals surface area contributed by atoms with Crippen molar-refractivity contribution in [1.29, 1.82) is 0 Å². The second kappa shape index (κ2) is 8.08. The van der Waals surface area contributed by atoms with E-state index in [1.54, 1.807) is 13.0 Å². The summed E-state index contributed by atoms with van der Waals surface area (Å²) in [5, 5.41) is 0. The molecule has 0 saturated carbocycles. The molecule has 6 rings (SSSR count). The van der Waals surface area contributed by atoms with Crippen molar-refractivity contribution in [3.8, 4) is 11.1 Å². The summed E-state index contributed by atoms with van der Waals surface area (Å²) in [6, 6.07) is 18.9. The zero-order chi connectivity index (χ0) is 23.4. The summed E-state index contributed by atoms with van der Waals surface area (Å²) in [6.07, 6.45) is 3.85. The molecule has 0 radical (unpaired) electrons. The highest BCUT2D eigenvalue weighted by molar-refractivity contribution is 5.79. The van der Waals surface area contributed by atoms with Crippen LogP contribution in [0.5, 0.6) is 0 Å². The molecular formula is C29H25F2NO2. The molecule has 2 atom stereocenters. The second-order valence-electron chi connectivity index (χ2n) is 9.49. The Morgan fingerprint density at radius 2 is 1.62 bits per heavy atom. The van der Waals surface area contributed by atoms with Gasteiger partial charge in [-0.25, -0.2) is 13.6 Å². The van der Waals surface area contributed by atoms with Gasteiger partial charge in [-0.1, -0.05) is 54.6 Å². The van der Waals surface area contributed by atoms with Gasteiger partial charge in [0.05, 0.1) is 6.04 Å². The van der Waals surface area contributed by atoms with E-state index in [0.717, 1.165) is 24.5 Å². The first-order valence-corrected chi connectivity index (χ1v) is 11.8. The van der Waals surface area contributed by atoms with Crippen LogP contribution in [0.25, 0.3) is 16.7 Å². The van der Waals surface area contributed by atoms with Gasteiger partial charge in [-0.3, -0.25) is 4.90 Å². The molecule has 172 valence electrons. The molecule has 0 N–H and O–H groups in total. The van der Waals surface area contributed by atoms with E-state index in [4.69, 9.17) is 4.74 Å². The molecular weight excluding hydrogens is 432 g/mol. The fourth-order valence-corrected chi connectivity index (χ4v) is 5.89. The number of carbonyl (C=O) groups is 1. The van der Waals surface area contributed by atoms with Crippen LogP contribution in [0.3, 0.4) is 0 Å². The van der Waals surface area contributed by atoms with E-state index >= 15 is 0 Å². The van der Waals surface area contributed by atoms with E-state index in [2.05, 4.69) is 24.3 Å². The van der Waals surface area contributed by atoms with Crippen molar-refractivity contribution in [1.82, 2.24) is 4.90 Å². The number of carbonyl (C=O) groups excluding carboxylic acids is 1. The minimum Gasteiger partial charge on any atom is -0.448 e. The molecule has 0 aromatic heterocycles. The number of nitrogens with zero attached hydrogens (tertiary/aromatic N) is 1. The minimum absolute atomic E-state index is 0.0150. The van der Waals surface area contributed by atoms with E-state index < -0.39 is 11.6 Å². The summed E-state index contributed by atoms with van der Waals surface area (Å²) in [4.78, 5) is 15.0. The van der Waals surface area contributed by atoms with Crippen LogP contribution in [0.1, 0.15) is 47.4 Å². The van der Waals surface area contributed by atoms with E-state index in [0.29, 0.717) is 17.5 Å². The number of ether oxygens (including phenoxy) is 1. The predicted molar refractivity (Wildman–Crippen MR) is 127 cm³/mol. The van der Waals surface area contributed by atoms with Gasteiger partial charge in [0.1, 0.15) is 18.2 Å². The van der Waals surface area contributed by atoms with Crippen LogP contribution in [0, 0.1) is 18.6 Å². The summed E-state index contributed by atoms with van der Waals surface area (Å²) in [6.45, 7) is 1.92. The zero-order valence-corrected chi connectivity index (χ0v) is 18.9. The fourth-order valence-electron chi connectivity index (χ4n) is 5.89. The number of halogens is 2. The van der Waals surface area contributed by atoms with Crippen LogP contribution in [-0.4, -0.2) is 29.7 Å². The molecule has 3 aromatic carbocycles. The van der Waals surface area contributed by atoms with Gasteiger partial charge in [-0.05, 0) is 65.6 Å². The van der Waals surface area contributed by atoms with Gasteiger partial charge in [0.25, 0.3) is 0 Å². The first kappa shape index (κ1) is 21.1. The van der Waals surface area contributed by atoms with Gasteiger partial charge in [0, 0.05) is 23.6 Å². The van der Waals surface area contributed by atoms with Gasteiger partial charge < -0.3 is 4.74 Å². The van der Waals surface area contributed by atoms with Gasteiger partial charge in [0.2, 0.25) is 0 Å². The Kier molecular flexibility index (Phi) is 5.01. The highest BCUT2D eigenvalue weighted by atomic mass is 19.1. The lowest BCUT2D eigenvalue weighted by Crippen LogP contribution is -2.43. The molecule has 1 aliphatic carbocycles. The van der Waals surface area contributed by atoms with Crippen molar-refractivity contribution in [3.63, 3.8) is 0 Å². The molecule has 1 amide bonds. The molecule has 2 unspecified atom stereocenters. The predicted octanol–water partition coefficient (Wildman–Crippen LogP) is 6.84. The second-order valence-corrected chi connectivity index (χ2v) is 9.49. The first-order valence-electron chi connectivity index (χ1n) is 11.8. The van der Waals surface area contributed by atoms with Crippen LogP contribution >= 0.6 is 0 Å². The van der Waals surface area contributed by atoms with Crippen LogP contribution < -0.4 is 0 Å². The number of hydrogen-bond acceptors (Lipinski definition) is 2. The van der Waals surface area contributed by atoms with Crippen molar-refractivity contribution in [3.05, 3.63) is 101 Å². The Labute approximate surface area is 197 Å². The summed E-state index contributed by atoms with van der Waals surface area (Å²) >= 11 is 0. The third kappa shape index (κ3) is 3.33. The number of benzene rings is 3. The fraction of sp³-hybridized carbons (Fsp3) is 0.276. The molecule has 1 saturated heterocycles. The lowest BCUT2D eigenvalue weighted by atomic mass is 9.93. The maximum atomic E-state index is 14.5. The molecule has 0 spiro atoms. The Morgan fingerprint density at radius 3 is 2.29 bits per heavy atom. The van der Waals surface area contributed by atoms with Crippen molar-refractivity contribution in [2.45, 2.75) is 44.2 Å². The molecule has 3 nitrogen and oxygen atoms in total. The molecule has 34 heavy (non-hydrogen) atoms. The van der Waals surface area contributed by atoms with Crippen LogP contribution in [0.15, 0.2) is 66.7 Å². The average molecular weight is 458 g/mol. The summed E-state index contributed by atoms with van der Waals surface area (Å²) in [7, 11) is 0. The summed E-state index contributed by atoms with van der Waals surface area (Å²) in [5.74, 6) is -1.08.